The van der Waals surface area contributed by atoms with E-state index in [1.165, 1.54) is 0 Å². The molecule has 0 aliphatic carbocycles. The molecule has 0 aromatic heterocycles. The third kappa shape index (κ3) is 7.89. The second-order valence-electron chi connectivity index (χ2n) is 10.3. The maximum Gasteiger partial charge on any atom is 0.224 e. The molecule has 0 radical (unpaired) electrons. The summed E-state index contributed by atoms with van der Waals surface area (Å²) >= 11 is 0. The molecule has 2 aromatic carbocycles. The largest absolute Gasteiger partial charge is 0.493 e. The minimum absolute atomic E-state index is 0.0260. The van der Waals surface area contributed by atoms with Gasteiger partial charge in [-0.05, 0) is 53.9 Å². The van der Waals surface area contributed by atoms with Crippen LogP contribution in [0, 0.1) is 0 Å². The van der Waals surface area contributed by atoms with Crippen LogP contribution in [-0.2, 0) is 16.6 Å². The highest BCUT2D eigenvalue weighted by atomic mass is 16.5. The molecule has 0 aliphatic rings. The molecule has 200 valence electrons. The maximum absolute atomic E-state index is 13.5. The Kier molecular flexibility index (Phi) is 11.6. The topological polar surface area (TPSA) is 77.0 Å². The Labute approximate surface area is 217 Å². The van der Waals surface area contributed by atoms with Gasteiger partial charge in [-0.15, -0.1) is 0 Å². The van der Waals surface area contributed by atoms with Crippen molar-refractivity contribution in [3.05, 3.63) is 47.0 Å². The van der Waals surface area contributed by atoms with Gasteiger partial charge in [0, 0.05) is 24.3 Å². The summed E-state index contributed by atoms with van der Waals surface area (Å²) in [5.74, 6) is 1.71. The first-order valence-electron chi connectivity index (χ1n) is 13.0. The fraction of sp³-hybridized carbons (Fsp3) is 0.567. The Hall–Kier alpha value is -2.73. The van der Waals surface area contributed by atoms with E-state index >= 15 is 0 Å². The molecule has 0 saturated carbocycles. The van der Waals surface area contributed by atoms with E-state index in [-0.39, 0.29) is 23.8 Å². The SMILES string of the molecule is CCCCCC(CC(=O)Nc1cc(CCCO)ccc1C(C)(C)C)c1ccc(OC)c(OC)c1OC. The molecule has 0 saturated heterocycles. The molecule has 2 aromatic rings. The predicted molar refractivity (Wildman–Crippen MR) is 147 cm³/mol. The number of amides is 1. The Morgan fingerprint density at radius 3 is 2.28 bits per heavy atom. The van der Waals surface area contributed by atoms with Crippen molar-refractivity contribution in [3.8, 4) is 17.2 Å². The molecule has 2 N–H and O–H groups in total. The van der Waals surface area contributed by atoms with E-state index < -0.39 is 0 Å². The van der Waals surface area contributed by atoms with E-state index in [4.69, 9.17) is 14.2 Å². The van der Waals surface area contributed by atoms with Crippen LogP contribution in [0.4, 0.5) is 5.69 Å². The van der Waals surface area contributed by atoms with Gasteiger partial charge in [-0.1, -0.05) is 65.2 Å². The highest BCUT2D eigenvalue weighted by Crippen LogP contribution is 2.44. The summed E-state index contributed by atoms with van der Waals surface area (Å²) in [7, 11) is 4.82. The Morgan fingerprint density at radius 1 is 0.972 bits per heavy atom. The fourth-order valence-corrected chi connectivity index (χ4v) is 4.67. The molecule has 36 heavy (non-hydrogen) atoms. The van der Waals surface area contributed by atoms with Crippen LogP contribution in [0.2, 0.25) is 0 Å². The van der Waals surface area contributed by atoms with Crippen molar-refractivity contribution in [2.24, 2.45) is 0 Å². The minimum atomic E-state index is -0.120. The maximum atomic E-state index is 13.5. The number of benzene rings is 2. The summed E-state index contributed by atoms with van der Waals surface area (Å²) in [4.78, 5) is 13.5. The molecule has 0 fully saturated rings. The zero-order valence-corrected chi connectivity index (χ0v) is 23.2. The average molecular weight is 500 g/mol. The van der Waals surface area contributed by atoms with Crippen molar-refractivity contribution in [1.82, 2.24) is 0 Å². The molecule has 0 heterocycles. The van der Waals surface area contributed by atoms with Gasteiger partial charge in [-0.2, -0.15) is 0 Å². The molecule has 0 spiro atoms. The van der Waals surface area contributed by atoms with Gasteiger partial charge in [0.15, 0.2) is 11.5 Å². The van der Waals surface area contributed by atoms with Crippen LogP contribution in [0.3, 0.4) is 0 Å². The zero-order valence-electron chi connectivity index (χ0n) is 23.2. The summed E-state index contributed by atoms with van der Waals surface area (Å²) in [6.07, 6.45) is 5.91. The number of hydrogen-bond donors (Lipinski definition) is 2. The Bertz CT molecular complexity index is 980. The smallest absolute Gasteiger partial charge is 0.224 e. The number of hydrogen-bond acceptors (Lipinski definition) is 5. The number of rotatable bonds is 14. The fourth-order valence-electron chi connectivity index (χ4n) is 4.67. The summed E-state index contributed by atoms with van der Waals surface area (Å²) in [6.45, 7) is 8.76. The van der Waals surface area contributed by atoms with Crippen molar-refractivity contribution in [3.63, 3.8) is 0 Å². The lowest BCUT2D eigenvalue weighted by Crippen LogP contribution is -2.21. The van der Waals surface area contributed by atoms with Gasteiger partial charge in [0.2, 0.25) is 11.7 Å². The number of aliphatic hydroxyl groups excluding tert-OH is 1. The number of methoxy groups -OCH3 is 3. The van der Waals surface area contributed by atoms with Gasteiger partial charge in [-0.3, -0.25) is 4.79 Å². The third-order valence-electron chi connectivity index (χ3n) is 6.55. The summed E-state index contributed by atoms with van der Waals surface area (Å²) < 4.78 is 16.8. The number of anilines is 1. The average Bonchev–Trinajstić information content (AvgIpc) is 2.85. The van der Waals surface area contributed by atoms with E-state index in [1.54, 1.807) is 21.3 Å². The van der Waals surface area contributed by atoms with Crippen molar-refractivity contribution in [1.29, 1.82) is 0 Å². The van der Waals surface area contributed by atoms with Crippen LogP contribution >= 0.6 is 0 Å². The number of carbonyl (C=O) groups is 1. The lowest BCUT2D eigenvalue weighted by molar-refractivity contribution is -0.116. The first-order chi connectivity index (χ1) is 17.2. The second-order valence-corrected chi connectivity index (χ2v) is 10.3. The van der Waals surface area contributed by atoms with Gasteiger partial charge < -0.3 is 24.6 Å². The first-order valence-corrected chi connectivity index (χ1v) is 13.0. The number of nitrogens with one attached hydrogen (secondary N) is 1. The van der Waals surface area contributed by atoms with E-state index in [1.807, 2.05) is 12.1 Å². The van der Waals surface area contributed by atoms with E-state index in [0.717, 1.165) is 54.5 Å². The monoisotopic (exact) mass is 499 g/mol. The van der Waals surface area contributed by atoms with Gasteiger partial charge in [0.05, 0.1) is 21.3 Å². The summed E-state index contributed by atoms with van der Waals surface area (Å²) in [5.41, 5.74) is 3.87. The van der Waals surface area contributed by atoms with Gasteiger partial charge in [0.25, 0.3) is 0 Å². The lowest BCUT2D eigenvalue weighted by atomic mass is 9.84. The van der Waals surface area contributed by atoms with E-state index in [9.17, 15) is 9.90 Å². The van der Waals surface area contributed by atoms with Crippen LogP contribution in [0.5, 0.6) is 17.2 Å². The molecule has 6 nitrogen and oxygen atoms in total. The molecule has 1 amide bonds. The second kappa shape index (κ2) is 14.1. The zero-order chi connectivity index (χ0) is 26.7. The van der Waals surface area contributed by atoms with Crippen molar-refractivity contribution in [2.75, 3.05) is 33.3 Å². The minimum Gasteiger partial charge on any atom is -0.493 e. The molecule has 2 rings (SSSR count). The molecule has 1 atom stereocenters. The molecule has 6 heteroatoms. The van der Waals surface area contributed by atoms with E-state index in [0.29, 0.717) is 30.1 Å². The molecular formula is C30H45NO5. The van der Waals surface area contributed by atoms with Crippen LogP contribution in [0.1, 0.15) is 88.8 Å². The normalized spacial score (nSPS) is 12.2. The van der Waals surface area contributed by atoms with Crippen LogP contribution < -0.4 is 19.5 Å². The predicted octanol–water partition coefficient (Wildman–Crippen LogP) is 6.63. The van der Waals surface area contributed by atoms with Crippen molar-refractivity contribution >= 4 is 11.6 Å². The number of aryl methyl sites for hydroxylation is 1. The van der Waals surface area contributed by atoms with Gasteiger partial charge >= 0.3 is 0 Å². The van der Waals surface area contributed by atoms with E-state index in [2.05, 4.69) is 51.2 Å². The summed E-state index contributed by atoms with van der Waals surface area (Å²) in [5, 5.41) is 12.5. The Balaban J connectivity index is 2.39. The van der Waals surface area contributed by atoms with Crippen LogP contribution in [0.25, 0.3) is 0 Å². The number of aliphatic hydroxyl groups is 1. The molecular weight excluding hydrogens is 454 g/mol. The van der Waals surface area contributed by atoms with Crippen LogP contribution in [-0.4, -0.2) is 38.9 Å². The first kappa shape index (κ1) is 29.5. The quantitative estimate of drug-likeness (QED) is 0.285. The summed E-state index contributed by atoms with van der Waals surface area (Å²) in [6, 6.07) is 10.1. The highest BCUT2D eigenvalue weighted by molar-refractivity contribution is 5.92. The lowest BCUT2D eigenvalue weighted by Gasteiger charge is -2.25. The van der Waals surface area contributed by atoms with Crippen molar-refractivity contribution in [2.45, 2.75) is 84.0 Å². The van der Waals surface area contributed by atoms with Crippen LogP contribution in [0.15, 0.2) is 30.3 Å². The highest BCUT2D eigenvalue weighted by Gasteiger charge is 2.25. The molecule has 0 bridgehead atoms. The number of unbranched alkanes of at least 4 members (excludes halogenated alkanes) is 2. The molecule has 0 aliphatic heterocycles. The molecule has 1 unspecified atom stereocenters. The van der Waals surface area contributed by atoms with Gasteiger partial charge in [-0.25, -0.2) is 0 Å². The van der Waals surface area contributed by atoms with Gasteiger partial charge in [0.1, 0.15) is 0 Å². The third-order valence-corrected chi connectivity index (χ3v) is 6.55. The number of ether oxygens (including phenoxy) is 3. The number of carbonyl (C=O) groups excluding carboxylic acids is 1. The van der Waals surface area contributed by atoms with Crippen molar-refractivity contribution < 1.29 is 24.1 Å². The Morgan fingerprint density at radius 2 is 1.69 bits per heavy atom. The standard InChI is InChI=1S/C30H45NO5/c1-8-9-10-13-22(23-15-17-26(34-5)29(36-7)28(23)35-6)20-27(33)31-25-19-21(12-11-18-32)14-16-24(25)30(2,3)4/h14-17,19,22,32H,8-13,18,20H2,1-7H3,(H,31,33).